The van der Waals surface area contributed by atoms with Gasteiger partial charge in [-0.3, -0.25) is 0 Å². The third-order valence-electron chi connectivity index (χ3n) is 9.26. The molecule has 3 heterocycles. The second kappa shape index (κ2) is 6.33. The fraction of sp³-hybridized carbons (Fsp3) is 0.188. The zero-order chi connectivity index (χ0) is 23.7. The summed E-state index contributed by atoms with van der Waals surface area (Å²) >= 11 is 0. The fourth-order valence-electron chi connectivity index (χ4n) is 8.03. The molecule has 0 spiro atoms. The fourth-order valence-corrected chi connectivity index (χ4v) is 8.03. The van der Waals surface area contributed by atoms with Gasteiger partial charge in [-0.2, -0.15) is 0 Å². The predicted octanol–water partition coefficient (Wildman–Crippen LogP) is 6.07. The average molecular weight is 467 g/mol. The highest BCUT2D eigenvalue weighted by Crippen LogP contribution is 2.63. The highest BCUT2D eigenvalue weighted by atomic mass is 15.5. The molecule has 36 heavy (non-hydrogen) atoms. The van der Waals surface area contributed by atoms with Gasteiger partial charge in [0.1, 0.15) is 0 Å². The maximum Gasteiger partial charge on any atom is 0.156 e. The van der Waals surface area contributed by atoms with Gasteiger partial charge in [0, 0.05) is 25.9 Å². The van der Waals surface area contributed by atoms with Gasteiger partial charge in [0.15, 0.2) is 11.6 Å². The van der Waals surface area contributed by atoms with E-state index in [9.17, 15) is 0 Å². The van der Waals surface area contributed by atoms with Crippen molar-refractivity contribution in [1.29, 1.82) is 0 Å². The van der Waals surface area contributed by atoms with E-state index in [4.69, 9.17) is 0 Å². The van der Waals surface area contributed by atoms with E-state index >= 15 is 0 Å². The number of nitrogens with zero attached hydrogens (tertiary/aromatic N) is 4. The van der Waals surface area contributed by atoms with Gasteiger partial charge in [0.05, 0.1) is 34.8 Å². The standard InChI is InChI=1S/C32H26N4/c1-33-23-15-7-9-17-25(23)35-29-27-19-11-3-5-13-21(19)28(22-14-6-4-12-20(22)27)30(29)36-26-18-10-8-16-24(26)34(2)32(36)31(33)35/h3-18,27-30H,1-2H3. The predicted molar refractivity (Wildman–Crippen MR) is 146 cm³/mol. The molecule has 0 amide bonds. The zero-order valence-electron chi connectivity index (χ0n) is 20.3. The molecule has 174 valence electrons. The quantitative estimate of drug-likeness (QED) is 0.312. The molecule has 2 atom stereocenters. The minimum atomic E-state index is 0.296. The molecule has 0 fully saturated rings. The van der Waals surface area contributed by atoms with Crippen LogP contribution in [0.1, 0.15) is 34.1 Å². The van der Waals surface area contributed by atoms with Crippen LogP contribution >= 0.6 is 0 Å². The molecular formula is C32H26N4. The van der Waals surface area contributed by atoms with Crippen molar-refractivity contribution in [2.75, 3.05) is 33.7 Å². The van der Waals surface area contributed by atoms with E-state index in [0.717, 1.165) is 0 Å². The van der Waals surface area contributed by atoms with E-state index in [1.165, 1.54) is 56.6 Å². The molecule has 3 aliphatic heterocycles. The highest BCUT2D eigenvalue weighted by molar-refractivity contribution is 5.92. The van der Waals surface area contributed by atoms with Gasteiger partial charge in [-0.1, -0.05) is 72.8 Å². The van der Waals surface area contributed by atoms with Crippen LogP contribution in [0.25, 0.3) is 0 Å². The summed E-state index contributed by atoms with van der Waals surface area (Å²) in [4.78, 5) is 10.2. The van der Waals surface area contributed by atoms with E-state index in [1.54, 1.807) is 0 Å². The summed E-state index contributed by atoms with van der Waals surface area (Å²) in [5.74, 6) is 3.19. The lowest BCUT2D eigenvalue weighted by molar-refractivity contribution is 0.352. The Hall–Kier alpha value is -4.18. The summed E-state index contributed by atoms with van der Waals surface area (Å²) in [6.45, 7) is 0. The first-order chi connectivity index (χ1) is 17.8. The van der Waals surface area contributed by atoms with Gasteiger partial charge >= 0.3 is 0 Å². The molecule has 4 aromatic rings. The van der Waals surface area contributed by atoms with Gasteiger partial charge in [-0.05, 0) is 46.5 Å². The van der Waals surface area contributed by atoms with Gasteiger partial charge in [0.2, 0.25) is 0 Å². The van der Waals surface area contributed by atoms with Gasteiger partial charge < -0.3 is 19.6 Å². The summed E-state index contributed by atoms with van der Waals surface area (Å²) < 4.78 is 0. The highest BCUT2D eigenvalue weighted by Gasteiger charge is 2.61. The minimum absolute atomic E-state index is 0.296. The van der Waals surface area contributed by atoms with Crippen LogP contribution in [0.5, 0.6) is 0 Å². The lowest BCUT2D eigenvalue weighted by atomic mass is 9.58. The van der Waals surface area contributed by atoms with Crippen LogP contribution in [0, 0.1) is 0 Å². The number of hydrogen-bond donors (Lipinski definition) is 0. The van der Waals surface area contributed by atoms with E-state index in [0.29, 0.717) is 23.9 Å². The number of anilines is 4. The van der Waals surface area contributed by atoms with Crippen LogP contribution in [-0.2, 0) is 0 Å². The molecule has 0 saturated heterocycles. The van der Waals surface area contributed by atoms with Crippen molar-refractivity contribution in [2.24, 2.45) is 0 Å². The Kier molecular flexibility index (Phi) is 3.35. The Labute approximate surface area is 211 Å². The summed E-state index contributed by atoms with van der Waals surface area (Å²) in [5.41, 5.74) is 11.2. The second-order valence-corrected chi connectivity index (χ2v) is 10.7. The van der Waals surface area contributed by atoms with Crippen molar-refractivity contribution in [1.82, 2.24) is 0 Å². The molecule has 2 unspecified atom stereocenters. The third-order valence-corrected chi connectivity index (χ3v) is 9.26. The van der Waals surface area contributed by atoms with Crippen LogP contribution in [-0.4, -0.2) is 26.2 Å². The number of para-hydroxylation sites is 4. The summed E-state index contributed by atoms with van der Waals surface area (Å²) in [7, 11) is 4.47. The van der Waals surface area contributed by atoms with Crippen molar-refractivity contribution in [3.05, 3.63) is 131 Å². The van der Waals surface area contributed by atoms with Crippen LogP contribution in [0.15, 0.2) is 109 Å². The number of rotatable bonds is 0. The SMILES string of the molecule is CN1C2=C3N(C)c4ccccc4N3C3C4c5ccccc5C(c5ccccc54)C3N2c2ccccc21. The Bertz CT molecular complexity index is 1470. The lowest BCUT2D eigenvalue weighted by Gasteiger charge is -2.59. The van der Waals surface area contributed by atoms with Gasteiger partial charge in [-0.15, -0.1) is 0 Å². The largest absolute Gasteiger partial charge is 0.326 e. The van der Waals surface area contributed by atoms with Gasteiger partial charge in [-0.25, -0.2) is 0 Å². The Morgan fingerprint density at radius 3 is 1.08 bits per heavy atom. The molecule has 0 aromatic heterocycles. The molecule has 2 bridgehead atoms. The van der Waals surface area contributed by atoms with E-state index in [2.05, 4.69) is 131 Å². The first-order valence-corrected chi connectivity index (χ1v) is 12.9. The van der Waals surface area contributed by atoms with Crippen molar-refractivity contribution >= 4 is 22.7 Å². The van der Waals surface area contributed by atoms with Crippen molar-refractivity contribution < 1.29 is 0 Å². The van der Waals surface area contributed by atoms with Crippen molar-refractivity contribution in [2.45, 2.75) is 23.9 Å². The van der Waals surface area contributed by atoms with Crippen LogP contribution < -0.4 is 19.6 Å². The second-order valence-electron chi connectivity index (χ2n) is 10.7. The first kappa shape index (κ1) is 19.1. The molecule has 10 rings (SSSR count). The average Bonchev–Trinajstić information content (AvgIpc) is 3.40. The Morgan fingerprint density at radius 1 is 0.417 bits per heavy atom. The van der Waals surface area contributed by atoms with Crippen LogP contribution in [0.3, 0.4) is 0 Å². The Balaban J connectivity index is 1.42. The number of hydrogen-bond acceptors (Lipinski definition) is 4. The molecule has 3 aliphatic carbocycles. The molecule has 0 saturated carbocycles. The molecule has 6 aliphatic rings. The lowest BCUT2D eigenvalue weighted by Crippen LogP contribution is -2.65. The molecule has 4 nitrogen and oxygen atoms in total. The zero-order valence-corrected chi connectivity index (χ0v) is 20.3. The van der Waals surface area contributed by atoms with E-state index < -0.39 is 0 Å². The normalized spacial score (nSPS) is 25.7. The maximum atomic E-state index is 2.69. The van der Waals surface area contributed by atoms with Crippen LogP contribution in [0.4, 0.5) is 22.7 Å². The summed E-state index contributed by atoms with van der Waals surface area (Å²) in [6, 6.07) is 36.9. The third kappa shape index (κ3) is 1.98. The summed E-state index contributed by atoms with van der Waals surface area (Å²) in [6.07, 6.45) is 0. The van der Waals surface area contributed by atoms with Crippen LogP contribution in [0.2, 0.25) is 0 Å². The molecule has 4 heteroatoms. The van der Waals surface area contributed by atoms with Gasteiger partial charge in [0.25, 0.3) is 0 Å². The van der Waals surface area contributed by atoms with Crippen molar-refractivity contribution in [3.8, 4) is 0 Å². The number of benzene rings is 4. The number of fused-ring (bicyclic) bond motifs is 6. The topological polar surface area (TPSA) is 13.0 Å². The molecule has 0 radical (unpaired) electrons. The minimum Gasteiger partial charge on any atom is -0.326 e. The Morgan fingerprint density at radius 2 is 0.722 bits per heavy atom. The summed E-state index contributed by atoms with van der Waals surface area (Å²) in [5, 5.41) is 0. The molecule has 0 N–H and O–H groups in total. The monoisotopic (exact) mass is 466 g/mol. The van der Waals surface area contributed by atoms with Crippen molar-refractivity contribution in [3.63, 3.8) is 0 Å². The molecular weight excluding hydrogens is 440 g/mol. The molecule has 4 aromatic carbocycles. The smallest absolute Gasteiger partial charge is 0.156 e. The first-order valence-electron chi connectivity index (χ1n) is 12.9. The maximum absolute atomic E-state index is 2.69. The van der Waals surface area contributed by atoms with E-state index in [-0.39, 0.29) is 0 Å². The van der Waals surface area contributed by atoms with E-state index in [1.807, 2.05) is 0 Å².